The summed E-state index contributed by atoms with van der Waals surface area (Å²) in [5.41, 5.74) is 0.392. The molecule has 1 amide bonds. The molecule has 0 fully saturated rings. The molecule has 2 aromatic carbocycles. The van der Waals surface area contributed by atoms with Crippen LogP contribution < -0.4 is 14.8 Å². The summed E-state index contributed by atoms with van der Waals surface area (Å²) in [6, 6.07) is 13.1. The van der Waals surface area contributed by atoms with Gasteiger partial charge in [-0.05, 0) is 36.4 Å². The average molecular weight is 438 g/mol. The molecule has 0 aliphatic carbocycles. The molecule has 0 spiro atoms. The summed E-state index contributed by atoms with van der Waals surface area (Å²) < 4.78 is 37.3. The molecule has 0 bridgehead atoms. The highest BCUT2D eigenvalue weighted by Gasteiger charge is 2.16. The minimum atomic E-state index is -3.02. The van der Waals surface area contributed by atoms with Crippen LogP contribution in [0.2, 0.25) is 0 Å². The van der Waals surface area contributed by atoms with E-state index < -0.39 is 12.5 Å². The highest BCUT2D eigenvalue weighted by molar-refractivity contribution is 9.10. The Kier molecular flexibility index (Phi) is 6.02. The summed E-state index contributed by atoms with van der Waals surface area (Å²) in [4.78, 5) is 12.3. The van der Waals surface area contributed by atoms with Gasteiger partial charge in [0.15, 0.2) is 6.73 Å². The van der Waals surface area contributed by atoms with Crippen LogP contribution in [0, 0.1) is 0 Å². The molecule has 0 saturated heterocycles. The van der Waals surface area contributed by atoms with Crippen molar-refractivity contribution in [1.82, 2.24) is 9.78 Å². The molecule has 3 aromatic rings. The van der Waals surface area contributed by atoms with Crippen LogP contribution in [-0.4, -0.2) is 22.3 Å². The molecule has 1 heterocycles. The Balaban J connectivity index is 1.62. The van der Waals surface area contributed by atoms with Crippen molar-refractivity contribution in [3.05, 3.63) is 71.0 Å². The zero-order valence-corrected chi connectivity index (χ0v) is 15.4. The van der Waals surface area contributed by atoms with Crippen LogP contribution in [0.25, 0.3) is 0 Å². The maximum atomic E-state index is 12.5. The lowest BCUT2D eigenvalue weighted by Gasteiger charge is -2.10. The van der Waals surface area contributed by atoms with Gasteiger partial charge in [-0.2, -0.15) is 13.9 Å². The van der Waals surface area contributed by atoms with Crippen LogP contribution in [0.4, 0.5) is 14.5 Å². The number of alkyl halides is 2. The van der Waals surface area contributed by atoms with E-state index in [2.05, 4.69) is 31.1 Å². The topological polar surface area (TPSA) is 65.4 Å². The van der Waals surface area contributed by atoms with Gasteiger partial charge in [0.05, 0.1) is 23.6 Å². The summed E-state index contributed by atoms with van der Waals surface area (Å²) in [6.45, 7) is -2.87. The van der Waals surface area contributed by atoms with Crippen LogP contribution in [0.3, 0.4) is 0 Å². The van der Waals surface area contributed by atoms with E-state index >= 15 is 0 Å². The van der Waals surface area contributed by atoms with E-state index in [0.717, 1.165) is 4.47 Å². The summed E-state index contributed by atoms with van der Waals surface area (Å²) in [7, 11) is 0. The van der Waals surface area contributed by atoms with Gasteiger partial charge in [0.25, 0.3) is 5.91 Å². The molecule has 0 saturated carbocycles. The predicted molar refractivity (Wildman–Crippen MR) is 98.0 cm³/mol. The van der Waals surface area contributed by atoms with Gasteiger partial charge in [0, 0.05) is 4.47 Å². The molecule has 0 aliphatic heterocycles. The quantitative estimate of drug-likeness (QED) is 0.589. The molecule has 27 heavy (non-hydrogen) atoms. The van der Waals surface area contributed by atoms with E-state index in [1.807, 2.05) is 12.1 Å². The first-order valence-corrected chi connectivity index (χ1v) is 8.56. The van der Waals surface area contributed by atoms with Crippen molar-refractivity contribution in [2.45, 2.75) is 13.3 Å². The Bertz CT molecular complexity index is 916. The first-order chi connectivity index (χ1) is 13.0. The number of hydrogen-bond donors (Lipinski definition) is 1. The molecular weight excluding hydrogens is 424 g/mol. The number of para-hydroxylation sites is 1. The lowest BCUT2D eigenvalue weighted by atomic mass is 10.2. The number of halogens is 3. The largest absolute Gasteiger partial charge is 0.471 e. The molecule has 0 radical (unpaired) electrons. The fraction of sp³-hybridized carbons (Fsp3) is 0.111. The fourth-order valence-corrected chi connectivity index (χ4v) is 2.49. The van der Waals surface area contributed by atoms with Gasteiger partial charge in [-0.15, -0.1) is 0 Å². The number of aromatic nitrogens is 2. The summed E-state index contributed by atoms with van der Waals surface area (Å²) in [5.74, 6) is -0.118. The standard InChI is InChI=1S/C18H14BrF2N3O3/c19-12-5-7-14(8-6-12)26-11-24-10-13(9-22-24)23-17(25)15-3-1-2-4-16(15)27-18(20)21/h1-10,18H,11H2,(H,23,25). The highest BCUT2D eigenvalue weighted by atomic mass is 79.9. The zero-order chi connectivity index (χ0) is 19.2. The second-order valence-corrected chi connectivity index (χ2v) is 6.24. The number of carbonyl (C=O) groups is 1. The highest BCUT2D eigenvalue weighted by Crippen LogP contribution is 2.22. The van der Waals surface area contributed by atoms with Crippen molar-refractivity contribution in [2.24, 2.45) is 0 Å². The van der Waals surface area contributed by atoms with Gasteiger partial charge < -0.3 is 14.8 Å². The van der Waals surface area contributed by atoms with E-state index in [1.165, 1.54) is 29.1 Å². The third-order valence-electron chi connectivity index (χ3n) is 3.42. The molecule has 140 valence electrons. The molecule has 1 N–H and O–H groups in total. The van der Waals surface area contributed by atoms with Gasteiger partial charge in [0.2, 0.25) is 0 Å². The van der Waals surface area contributed by atoms with Crippen LogP contribution in [0.1, 0.15) is 10.4 Å². The minimum absolute atomic E-state index is 0.00309. The van der Waals surface area contributed by atoms with Crippen molar-refractivity contribution in [3.63, 3.8) is 0 Å². The molecule has 1 aromatic heterocycles. The maximum absolute atomic E-state index is 12.5. The number of benzene rings is 2. The minimum Gasteiger partial charge on any atom is -0.471 e. The number of carbonyl (C=O) groups excluding carboxylic acids is 1. The number of nitrogens with one attached hydrogen (secondary N) is 1. The number of amides is 1. The number of hydrogen-bond acceptors (Lipinski definition) is 4. The van der Waals surface area contributed by atoms with Gasteiger partial charge in [-0.1, -0.05) is 28.1 Å². The average Bonchev–Trinajstić information content (AvgIpc) is 3.08. The summed E-state index contributed by atoms with van der Waals surface area (Å²) in [5, 5.41) is 6.67. The van der Waals surface area contributed by atoms with Gasteiger partial charge in [-0.25, -0.2) is 4.68 Å². The van der Waals surface area contributed by atoms with Crippen molar-refractivity contribution in [2.75, 3.05) is 5.32 Å². The zero-order valence-electron chi connectivity index (χ0n) is 13.8. The Morgan fingerprint density at radius 3 is 2.67 bits per heavy atom. The van der Waals surface area contributed by atoms with Crippen molar-refractivity contribution in [1.29, 1.82) is 0 Å². The van der Waals surface area contributed by atoms with Crippen molar-refractivity contribution < 1.29 is 23.0 Å². The number of rotatable bonds is 7. The lowest BCUT2D eigenvalue weighted by Crippen LogP contribution is -2.14. The van der Waals surface area contributed by atoms with Gasteiger partial charge in [0.1, 0.15) is 11.5 Å². The van der Waals surface area contributed by atoms with E-state index in [4.69, 9.17) is 4.74 Å². The van der Waals surface area contributed by atoms with Crippen LogP contribution >= 0.6 is 15.9 Å². The Morgan fingerprint density at radius 2 is 1.93 bits per heavy atom. The third-order valence-corrected chi connectivity index (χ3v) is 3.94. The summed E-state index contributed by atoms with van der Waals surface area (Å²) >= 11 is 3.34. The first kappa shape index (κ1) is 18.8. The smallest absolute Gasteiger partial charge is 0.387 e. The first-order valence-electron chi connectivity index (χ1n) is 7.77. The van der Waals surface area contributed by atoms with Crippen LogP contribution in [0.5, 0.6) is 11.5 Å². The van der Waals surface area contributed by atoms with Gasteiger partial charge >= 0.3 is 6.61 Å². The molecule has 0 atom stereocenters. The SMILES string of the molecule is O=C(Nc1cnn(COc2ccc(Br)cc2)c1)c1ccccc1OC(F)F. The van der Waals surface area contributed by atoms with E-state index in [0.29, 0.717) is 11.4 Å². The second kappa shape index (κ2) is 8.63. The molecule has 3 rings (SSSR count). The van der Waals surface area contributed by atoms with Crippen molar-refractivity contribution in [3.8, 4) is 11.5 Å². The monoisotopic (exact) mass is 437 g/mol. The molecule has 6 nitrogen and oxygen atoms in total. The number of anilines is 1. The second-order valence-electron chi connectivity index (χ2n) is 5.32. The lowest BCUT2D eigenvalue weighted by molar-refractivity contribution is -0.0501. The van der Waals surface area contributed by atoms with Crippen LogP contribution in [-0.2, 0) is 6.73 Å². The van der Waals surface area contributed by atoms with E-state index in [9.17, 15) is 13.6 Å². The van der Waals surface area contributed by atoms with Crippen LogP contribution in [0.15, 0.2) is 65.4 Å². The molecule has 0 unspecified atom stereocenters. The normalized spacial score (nSPS) is 10.7. The number of nitrogens with zero attached hydrogens (tertiary/aromatic N) is 2. The molecule has 0 aliphatic rings. The van der Waals surface area contributed by atoms with Gasteiger partial charge in [-0.3, -0.25) is 4.79 Å². The Morgan fingerprint density at radius 1 is 1.19 bits per heavy atom. The van der Waals surface area contributed by atoms with E-state index in [-0.39, 0.29) is 18.0 Å². The summed E-state index contributed by atoms with van der Waals surface area (Å²) in [6.07, 6.45) is 2.99. The van der Waals surface area contributed by atoms with Crippen molar-refractivity contribution >= 4 is 27.5 Å². The maximum Gasteiger partial charge on any atom is 0.387 e. The predicted octanol–water partition coefficient (Wildman–Crippen LogP) is 4.54. The Labute approximate surface area is 161 Å². The fourth-order valence-electron chi connectivity index (χ4n) is 2.22. The third kappa shape index (κ3) is 5.27. The number of ether oxygens (including phenoxy) is 2. The molecular formula is C18H14BrF2N3O3. The Hall–Kier alpha value is -2.94. The molecule has 9 heteroatoms. The van der Waals surface area contributed by atoms with E-state index in [1.54, 1.807) is 24.4 Å².